The number of nitrogens with one attached hydrogen (secondary N) is 1. The molecule has 2 aliphatic rings. The molecule has 0 aromatic rings. The monoisotopic (exact) mass is 224 g/mol. The number of amides is 1. The molecule has 1 atom stereocenters. The third-order valence-electron chi connectivity index (χ3n) is 3.50. The molecule has 3 heteroatoms. The molecule has 2 rings (SSSR count). The number of carbonyl (C=O) groups is 1. The van der Waals surface area contributed by atoms with E-state index in [1.807, 2.05) is 0 Å². The minimum atomic E-state index is -0.144. The van der Waals surface area contributed by atoms with Gasteiger partial charge in [-0.2, -0.15) is 0 Å². The van der Waals surface area contributed by atoms with Crippen LogP contribution in [0.1, 0.15) is 47.0 Å². The van der Waals surface area contributed by atoms with Gasteiger partial charge in [0.2, 0.25) is 5.91 Å². The van der Waals surface area contributed by atoms with Gasteiger partial charge in [-0.15, -0.1) is 0 Å². The van der Waals surface area contributed by atoms with Gasteiger partial charge in [-0.25, -0.2) is 0 Å². The molecule has 1 aliphatic carbocycles. The third-order valence-corrected chi connectivity index (χ3v) is 3.50. The predicted molar refractivity (Wildman–Crippen MR) is 64.9 cm³/mol. The minimum absolute atomic E-state index is 0.144. The molecule has 2 fully saturated rings. The molecule has 16 heavy (non-hydrogen) atoms. The van der Waals surface area contributed by atoms with Crippen molar-refractivity contribution in [2.45, 2.75) is 58.7 Å². The highest BCUT2D eigenvalue weighted by Crippen LogP contribution is 2.43. The summed E-state index contributed by atoms with van der Waals surface area (Å²) in [7, 11) is 0. The van der Waals surface area contributed by atoms with Gasteiger partial charge in [0.1, 0.15) is 0 Å². The molecular weight excluding hydrogens is 200 g/mol. The van der Waals surface area contributed by atoms with Crippen LogP contribution < -0.4 is 5.32 Å². The molecule has 1 unspecified atom stereocenters. The summed E-state index contributed by atoms with van der Waals surface area (Å²) >= 11 is 0. The maximum atomic E-state index is 12.3. The van der Waals surface area contributed by atoms with Crippen molar-refractivity contribution in [3.05, 3.63) is 0 Å². The highest BCUT2D eigenvalue weighted by Gasteiger charge is 2.58. The van der Waals surface area contributed by atoms with E-state index in [1.54, 1.807) is 0 Å². The highest BCUT2D eigenvalue weighted by atomic mass is 16.2. The first-order chi connectivity index (χ1) is 7.44. The van der Waals surface area contributed by atoms with Crippen LogP contribution in [0.4, 0.5) is 0 Å². The number of hydrogen-bond donors (Lipinski definition) is 1. The maximum Gasteiger partial charge on any atom is 0.244 e. The first-order valence-electron chi connectivity index (χ1n) is 6.53. The molecular formula is C13H24N2O. The standard InChI is InChI=1S/C13H24N2O/c1-9(2)7-11-14-13(5-6-13)12(16)15(11)8-10(3)4/h9-11,14H,5-8H2,1-4H3. The minimum Gasteiger partial charge on any atom is -0.325 e. The van der Waals surface area contributed by atoms with Gasteiger partial charge >= 0.3 is 0 Å². The Morgan fingerprint density at radius 2 is 1.94 bits per heavy atom. The molecule has 1 saturated carbocycles. The number of carbonyl (C=O) groups excluding carboxylic acids is 1. The predicted octanol–water partition coefficient (Wildman–Crippen LogP) is 1.98. The zero-order valence-electron chi connectivity index (χ0n) is 10.9. The van der Waals surface area contributed by atoms with Crippen LogP contribution in [-0.2, 0) is 4.79 Å². The zero-order valence-corrected chi connectivity index (χ0v) is 10.9. The Kier molecular flexibility index (Phi) is 2.99. The van der Waals surface area contributed by atoms with E-state index in [9.17, 15) is 4.79 Å². The van der Waals surface area contributed by atoms with Gasteiger partial charge in [0.15, 0.2) is 0 Å². The normalized spacial score (nSPS) is 27.5. The van der Waals surface area contributed by atoms with Crippen LogP contribution in [0.5, 0.6) is 0 Å². The lowest BCUT2D eigenvalue weighted by Crippen LogP contribution is -2.40. The quantitative estimate of drug-likeness (QED) is 0.792. The molecule has 1 amide bonds. The van der Waals surface area contributed by atoms with E-state index in [-0.39, 0.29) is 11.7 Å². The van der Waals surface area contributed by atoms with Crippen molar-refractivity contribution in [1.82, 2.24) is 10.2 Å². The fourth-order valence-electron chi connectivity index (χ4n) is 2.59. The Labute approximate surface area is 98.6 Å². The van der Waals surface area contributed by atoms with Crippen molar-refractivity contribution in [1.29, 1.82) is 0 Å². The molecule has 1 heterocycles. The Bertz CT molecular complexity index is 282. The summed E-state index contributed by atoms with van der Waals surface area (Å²) in [5.41, 5.74) is -0.144. The first-order valence-corrected chi connectivity index (χ1v) is 6.53. The fourth-order valence-corrected chi connectivity index (χ4v) is 2.59. The fraction of sp³-hybridized carbons (Fsp3) is 0.923. The average Bonchev–Trinajstić information content (AvgIpc) is 2.87. The van der Waals surface area contributed by atoms with Crippen LogP contribution >= 0.6 is 0 Å². The molecule has 0 aromatic carbocycles. The van der Waals surface area contributed by atoms with Crippen molar-refractivity contribution in [2.24, 2.45) is 11.8 Å². The largest absolute Gasteiger partial charge is 0.325 e. The topological polar surface area (TPSA) is 32.3 Å². The van der Waals surface area contributed by atoms with Gasteiger partial charge in [0.25, 0.3) is 0 Å². The Balaban J connectivity index is 2.07. The zero-order chi connectivity index (χ0) is 11.9. The van der Waals surface area contributed by atoms with E-state index in [1.165, 1.54) is 0 Å². The van der Waals surface area contributed by atoms with E-state index in [0.29, 0.717) is 17.7 Å². The van der Waals surface area contributed by atoms with Crippen LogP contribution in [0.3, 0.4) is 0 Å². The van der Waals surface area contributed by atoms with E-state index in [4.69, 9.17) is 0 Å². The third kappa shape index (κ3) is 2.10. The molecule has 0 aromatic heterocycles. The molecule has 1 aliphatic heterocycles. The van der Waals surface area contributed by atoms with E-state index >= 15 is 0 Å². The number of rotatable bonds is 4. The van der Waals surface area contributed by atoms with E-state index in [2.05, 4.69) is 37.9 Å². The summed E-state index contributed by atoms with van der Waals surface area (Å²) in [5, 5.41) is 3.55. The molecule has 0 bridgehead atoms. The number of nitrogens with zero attached hydrogens (tertiary/aromatic N) is 1. The van der Waals surface area contributed by atoms with Crippen molar-refractivity contribution in [3.8, 4) is 0 Å². The molecule has 1 N–H and O–H groups in total. The van der Waals surface area contributed by atoms with Crippen LogP contribution in [0.2, 0.25) is 0 Å². The van der Waals surface area contributed by atoms with Crippen LogP contribution in [0, 0.1) is 11.8 Å². The van der Waals surface area contributed by atoms with Crippen LogP contribution in [0.15, 0.2) is 0 Å². The Hall–Kier alpha value is -0.570. The Morgan fingerprint density at radius 3 is 2.38 bits per heavy atom. The molecule has 92 valence electrons. The average molecular weight is 224 g/mol. The SMILES string of the molecule is CC(C)CC1NC2(CC2)C(=O)N1CC(C)C. The van der Waals surface area contributed by atoms with Gasteiger partial charge in [0, 0.05) is 6.54 Å². The molecule has 0 radical (unpaired) electrons. The van der Waals surface area contributed by atoms with Crippen molar-refractivity contribution < 1.29 is 4.79 Å². The molecule has 3 nitrogen and oxygen atoms in total. The summed E-state index contributed by atoms with van der Waals surface area (Å²) in [6.07, 6.45) is 3.42. The second kappa shape index (κ2) is 4.02. The van der Waals surface area contributed by atoms with Crippen molar-refractivity contribution in [3.63, 3.8) is 0 Å². The Morgan fingerprint density at radius 1 is 1.31 bits per heavy atom. The summed E-state index contributed by atoms with van der Waals surface area (Å²) in [4.78, 5) is 14.4. The van der Waals surface area contributed by atoms with E-state index < -0.39 is 0 Å². The van der Waals surface area contributed by atoms with Crippen molar-refractivity contribution >= 4 is 5.91 Å². The number of hydrogen-bond acceptors (Lipinski definition) is 2. The van der Waals surface area contributed by atoms with Gasteiger partial charge < -0.3 is 4.90 Å². The van der Waals surface area contributed by atoms with Gasteiger partial charge in [-0.3, -0.25) is 10.1 Å². The maximum absolute atomic E-state index is 12.3. The lowest BCUT2D eigenvalue weighted by molar-refractivity contribution is -0.131. The van der Waals surface area contributed by atoms with Crippen molar-refractivity contribution in [2.75, 3.05) is 6.54 Å². The summed E-state index contributed by atoms with van der Waals surface area (Å²) < 4.78 is 0. The highest BCUT2D eigenvalue weighted by molar-refractivity contribution is 5.91. The summed E-state index contributed by atoms with van der Waals surface area (Å²) in [6.45, 7) is 9.69. The molecule has 1 saturated heterocycles. The lowest BCUT2D eigenvalue weighted by Gasteiger charge is -2.27. The summed E-state index contributed by atoms with van der Waals surface area (Å²) in [5.74, 6) is 1.54. The summed E-state index contributed by atoms with van der Waals surface area (Å²) in [6, 6.07) is 0. The van der Waals surface area contributed by atoms with Gasteiger partial charge in [-0.05, 0) is 31.1 Å². The first kappa shape index (κ1) is 11.9. The lowest BCUT2D eigenvalue weighted by atomic mass is 10.1. The van der Waals surface area contributed by atoms with Gasteiger partial charge in [-0.1, -0.05) is 27.7 Å². The van der Waals surface area contributed by atoms with Crippen LogP contribution in [-0.4, -0.2) is 29.1 Å². The smallest absolute Gasteiger partial charge is 0.244 e. The van der Waals surface area contributed by atoms with E-state index in [0.717, 1.165) is 25.8 Å². The van der Waals surface area contributed by atoms with Gasteiger partial charge in [0.05, 0.1) is 11.7 Å². The molecule has 1 spiro atoms. The second-order valence-electron chi connectivity index (χ2n) is 6.22. The second-order valence-corrected chi connectivity index (χ2v) is 6.22. The van der Waals surface area contributed by atoms with Crippen LogP contribution in [0.25, 0.3) is 0 Å².